The number of rotatable bonds is 6. The Kier molecular flexibility index (Phi) is 5.38. The van der Waals surface area contributed by atoms with Crippen molar-refractivity contribution in [3.05, 3.63) is 18.2 Å². The van der Waals surface area contributed by atoms with Crippen LogP contribution in [0.4, 0.5) is 5.13 Å². The van der Waals surface area contributed by atoms with Gasteiger partial charge in [-0.05, 0) is 18.2 Å². The van der Waals surface area contributed by atoms with Gasteiger partial charge in [0, 0.05) is 19.0 Å². The second kappa shape index (κ2) is 6.94. The third kappa shape index (κ3) is 3.70. The molecule has 0 bridgehead atoms. The van der Waals surface area contributed by atoms with Gasteiger partial charge < -0.3 is 5.32 Å². The number of hydrogen-bond donors (Lipinski definition) is 1. The average Bonchev–Trinajstić information content (AvgIpc) is 2.89. The molecule has 1 amide bonds. The van der Waals surface area contributed by atoms with Crippen molar-refractivity contribution in [3.8, 4) is 0 Å². The summed E-state index contributed by atoms with van der Waals surface area (Å²) in [5.41, 5.74) is 0.674. The van der Waals surface area contributed by atoms with E-state index >= 15 is 0 Å². The summed E-state index contributed by atoms with van der Waals surface area (Å²) >= 11 is 1.27. The highest BCUT2D eigenvalue weighted by molar-refractivity contribution is 7.89. The number of sulfonamides is 1. The fraction of sp³-hybridized carbons (Fsp3) is 0.467. The maximum atomic E-state index is 12.6. The minimum Gasteiger partial charge on any atom is -0.302 e. The molecule has 23 heavy (non-hydrogen) atoms. The Hall–Kier alpha value is -1.51. The van der Waals surface area contributed by atoms with E-state index in [4.69, 9.17) is 0 Å². The number of nitrogens with zero attached hydrogens (tertiary/aromatic N) is 2. The van der Waals surface area contributed by atoms with Gasteiger partial charge in [0.15, 0.2) is 5.13 Å². The van der Waals surface area contributed by atoms with Gasteiger partial charge in [-0.25, -0.2) is 13.4 Å². The minimum atomic E-state index is -3.50. The Labute approximate surface area is 140 Å². The lowest BCUT2D eigenvalue weighted by atomic mass is 10.2. The van der Waals surface area contributed by atoms with Crippen LogP contribution >= 0.6 is 11.3 Å². The summed E-state index contributed by atoms with van der Waals surface area (Å²) in [6, 6.07) is 4.85. The third-order valence-electron chi connectivity index (χ3n) is 3.46. The molecule has 0 aliphatic heterocycles. The summed E-state index contributed by atoms with van der Waals surface area (Å²) < 4.78 is 27.3. The highest BCUT2D eigenvalue weighted by atomic mass is 32.2. The first-order chi connectivity index (χ1) is 10.8. The maximum absolute atomic E-state index is 12.6. The van der Waals surface area contributed by atoms with Crippen LogP contribution in [0.15, 0.2) is 23.1 Å². The molecule has 0 radical (unpaired) electrons. The average molecular weight is 355 g/mol. The number of thiazole rings is 1. The van der Waals surface area contributed by atoms with Crippen LogP contribution < -0.4 is 5.32 Å². The van der Waals surface area contributed by atoms with Gasteiger partial charge >= 0.3 is 0 Å². The predicted octanol–water partition coefficient (Wildman–Crippen LogP) is 2.92. The summed E-state index contributed by atoms with van der Waals surface area (Å²) in [5, 5.41) is 3.23. The van der Waals surface area contributed by atoms with Crippen LogP contribution in [0.5, 0.6) is 0 Å². The molecular weight excluding hydrogens is 334 g/mol. The molecule has 0 saturated heterocycles. The van der Waals surface area contributed by atoms with Crippen molar-refractivity contribution < 1.29 is 13.2 Å². The third-order valence-corrected chi connectivity index (χ3v) is 6.44. The van der Waals surface area contributed by atoms with Gasteiger partial charge in [-0.1, -0.05) is 39.0 Å². The van der Waals surface area contributed by atoms with Crippen molar-refractivity contribution in [1.82, 2.24) is 9.29 Å². The summed E-state index contributed by atoms with van der Waals surface area (Å²) in [7, 11) is -3.50. The normalized spacial score (nSPS) is 12.3. The van der Waals surface area contributed by atoms with E-state index in [1.165, 1.54) is 15.6 Å². The second-order valence-corrected chi connectivity index (χ2v) is 8.35. The monoisotopic (exact) mass is 355 g/mol. The smallest absolute Gasteiger partial charge is 0.243 e. The zero-order chi connectivity index (χ0) is 17.2. The maximum Gasteiger partial charge on any atom is 0.243 e. The molecule has 126 valence electrons. The topological polar surface area (TPSA) is 79.4 Å². The molecule has 0 aliphatic carbocycles. The van der Waals surface area contributed by atoms with E-state index in [0.29, 0.717) is 23.7 Å². The zero-order valence-electron chi connectivity index (χ0n) is 13.7. The van der Waals surface area contributed by atoms with Crippen LogP contribution in [0.1, 0.15) is 27.7 Å². The van der Waals surface area contributed by atoms with Crippen molar-refractivity contribution in [1.29, 1.82) is 0 Å². The number of amides is 1. The number of hydrogen-bond acceptors (Lipinski definition) is 5. The van der Waals surface area contributed by atoms with E-state index in [1.54, 1.807) is 32.0 Å². The zero-order valence-corrected chi connectivity index (χ0v) is 15.3. The first kappa shape index (κ1) is 17.8. The van der Waals surface area contributed by atoms with E-state index in [1.807, 2.05) is 13.8 Å². The number of anilines is 1. The quantitative estimate of drug-likeness (QED) is 0.864. The number of carbonyl (C=O) groups is 1. The Bertz CT molecular complexity index is 808. The largest absolute Gasteiger partial charge is 0.302 e. The number of benzene rings is 1. The summed E-state index contributed by atoms with van der Waals surface area (Å²) in [6.45, 7) is 8.08. The van der Waals surface area contributed by atoms with Crippen LogP contribution in [-0.2, 0) is 14.8 Å². The SMILES string of the molecule is CCN(CC)S(=O)(=O)c1ccc2nc(NC(=O)C(C)C)sc2c1. The molecule has 0 unspecified atom stereocenters. The van der Waals surface area contributed by atoms with Gasteiger partial charge in [-0.3, -0.25) is 4.79 Å². The molecule has 0 atom stereocenters. The molecule has 6 nitrogen and oxygen atoms in total. The molecule has 0 fully saturated rings. The van der Waals surface area contributed by atoms with E-state index < -0.39 is 10.0 Å². The fourth-order valence-electron chi connectivity index (χ4n) is 2.08. The van der Waals surface area contributed by atoms with Crippen LogP contribution in [0.2, 0.25) is 0 Å². The van der Waals surface area contributed by atoms with Gasteiger partial charge in [0.2, 0.25) is 15.9 Å². The van der Waals surface area contributed by atoms with Crippen molar-refractivity contribution in [2.24, 2.45) is 5.92 Å². The van der Waals surface area contributed by atoms with Crippen molar-refractivity contribution in [3.63, 3.8) is 0 Å². The molecule has 1 N–H and O–H groups in total. The van der Waals surface area contributed by atoms with Crippen molar-refractivity contribution >= 4 is 42.6 Å². The number of carbonyl (C=O) groups excluding carboxylic acids is 1. The Morgan fingerprint density at radius 2 is 1.96 bits per heavy atom. The lowest BCUT2D eigenvalue weighted by molar-refractivity contribution is -0.118. The van der Waals surface area contributed by atoms with Gasteiger partial charge in [0.25, 0.3) is 0 Å². The minimum absolute atomic E-state index is 0.111. The van der Waals surface area contributed by atoms with Gasteiger partial charge in [-0.15, -0.1) is 0 Å². The summed E-state index contributed by atoms with van der Waals surface area (Å²) in [4.78, 5) is 16.3. The number of fused-ring (bicyclic) bond motifs is 1. The first-order valence-corrected chi connectivity index (χ1v) is 9.76. The molecule has 0 aliphatic rings. The molecule has 2 rings (SSSR count). The lowest BCUT2D eigenvalue weighted by Crippen LogP contribution is -2.30. The van der Waals surface area contributed by atoms with Crippen LogP contribution in [-0.4, -0.2) is 36.7 Å². The highest BCUT2D eigenvalue weighted by Gasteiger charge is 2.22. The highest BCUT2D eigenvalue weighted by Crippen LogP contribution is 2.29. The number of aromatic nitrogens is 1. The van der Waals surface area contributed by atoms with E-state index in [9.17, 15) is 13.2 Å². The summed E-state index contributed by atoms with van der Waals surface area (Å²) in [5.74, 6) is -0.249. The molecule has 0 saturated carbocycles. The Balaban J connectivity index is 2.38. The van der Waals surface area contributed by atoms with E-state index in [-0.39, 0.29) is 16.7 Å². The van der Waals surface area contributed by atoms with Crippen LogP contribution in [0.3, 0.4) is 0 Å². The summed E-state index contributed by atoms with van der Waals surface area (Å²) in [6.07, 6.45) is 0. The lowest BCUT2D eigenvalue weighted by Gasteiger charge is -2.18. The predicted molar refractivity (Wildman–Crippen MR) is 93.2 cm³/mol. The Morgan fingerprint density at radius 1 is 1.30 bits per heavy atom. The van der Waals surface area contributed by atoms with Crippen molar-refractivity contribution in [2.75, 3.05) is 18.4 Å². The van der Waals surface area contributed by atoms with Crippen molar-refractivity contribution in [2.45, 2.75) is 32.6 Å². The molecule has 1 aromatic carbocycles. The van der Waals surface area contributed by atoms with Gasteiger partial charge in [0.05, 0.1) is 15.1 Å². The second-order valence-electron chi connectivity index (χ2n) is 5.38. The fourth-order valence-corrected chi connectivity index (χ4v) is 4.55. The molecule has 0 spiro atoms. The van der Waals surface area contributed by atoms with Crippen LogP contribution in [0, 0.1) is 5.92 Å². The van der Waals surface area contributed by atoms with Gasteiger partial charge in [-0.2, -0.15) is 4.31 Å². The van der Waals surface area contributed by atoms with E-state index in [0.717, 1.165) is 4.70 Å². The molecule has 8 heteroatoms. The van der Waals surface area contributed by atoms with Crippen LogP contribution in [0.25, 0.3) is 10.2 Å². The van der Waals surface area contributed by atoms with Gasteiger partial charge in [0.1, 0.15) is 0 Å². The molecule has 2 aromatic rings. The van der Waals surface area contributed by atoms with E-state index in [2.05, 4.69) is 10.3 Å². The standard InChI is InChI=1S/C15H21N3O3S2/c1-5-18(6-2)23(20,21)11-7-8-12-13(9-11)22-15(16-12)17-14(19)10(3)4/h7-10H,5-6H2,1-4H3,(H,16,17,19). The molecule has 1 heterocycles. The number of nitrogens with one attached hydrogen (secondary N) is 1. The Morgan fingerprint density at radius 3 is 2.52 bits per heavy atom. The first-order valence-electron chi connectivity index (χ1n) is 7.51. The molecular formula is C15H21N3O3S2. The molecule has 1 aromatic heterocycles.